The second-order valence-electron chi connectivity index (χ2n) is 3.51. The second-order valence-corrected chi connectivity index (χ2v) is 3.51. The normalized spacial score (nSPS) is 11.9. The van der Waals surface area contributed by atoms with E-state index in [1.54, 1.807) is 6.92 Å². The van der Waals surface area contributed by atoms with Crippen molar-refractivity contribution in [2.24, 2.45) is 5.92 Å². The molecule has 0 aliphatic rings. The summed E-state index contributed by atoms with van der Waals surface area (Å²) in [5.41, 5.74) is -0.305. The van der Waals surface area contributed by atoms with Crippen LogP contribution in [0, 0.1) is 16.0 Å². The molecule has 0 amide bonds. The monoisotopic (exact) mass is 242 g/mol. The Labute approximate surface area is 97.8 Å². The first-order chi connectivity index (χ1) is 8.10. The maximum Gasteiger partial charge on any atom is 0.372 e. The zero-order valence-corrected chi connectivity index (χ0v) is 9.58. The van der Waals surface area contributed by atoms with Gasteiger partial charge in [-0.3, -0.25) is 10.1 Å². The standard InChI is InChI=1S/C9H14N4O4/c1-6(4-14)3-10-8-7(13(15)16)9(17-2)12-5-11-8/h5-6,14H,3-4H2,1-2H3,(H,10,11,12). The van der Waals surface area contributed by atoms with Crippen LogP contribution in [0.4, 0.5) is 11.5 Å². The fraction of sp³-hybridized carbons (Fsp3) is 0.556. The summed E-state index contributed by atoms with van der Waals surface area (Å²) in [4.78, 5) is 17.7. The summed E-state index contributed by atoms with van der Waals surface area (Å²) in [6.07, 6.45) is 1.18. The fourth-order valence-corrected chi connectivity index (χ4v) is 1.14. The van der Waals surface area contributed by atoms with Crippen molar-refractivity contribution < 1.29 is 14.8 Å². The minimum atomic E-state index is -0.606. The number of aliphatic hydroxyl groups is 1. The van der Waals surface area contributed by atoms with Gasteiger partial charge in [0.2, 0.25) is 5.82 Å². The van der Waals surface area contributed by atoms with Crippen LogP contribution in [0.25, 0.3) is 0 Å². The molecule has 0 fully saturated rings. The number of aromatic nitrogens is 2. The summed E-state index contributed by atoms with van der Waals surface area (Å²) in [5.74, 6) is -0.0399. The zero-order chi connectivity index (χ0) is 12.8. The van der Waals surface area contributed by atoms with Gasteiger partial charge < -0.3 is 15.2 Å². The smallest absolute Gasteiger partial charge is 0.372 e. The summed E-state index contributed by atoms with van der Waals surface area (Å²) in [6.45, 7) is 2.16. The van der Waals surface area contributed by atoms with Crippen molar-refractivity contribution in [1.82, 2.24) is 9.97 Å². The lowest BCUT2D eigenvalue weighted by atomic mass is 10.2. The Morgan fingerprint density at radius 3 is 2.88 bits per heavy atom. The van der Waals surface area contributed by atoms with E-state index in [1.165, 1.54) is 13.4 Å². The summed E-state index contributed by atoms with van der Waals surface area (Å²) in [7, 11) is 1.30. The summed E-state index contributed by atoms with van der Waals surface area (Å²) < 4.78 is 4.80. The highest BCUT2D eigenvalue weighted by Crippen LogP contribution is 2.30. The molecule has 1 unspecified atom stereocenters. The van der Waals surface area contributed by atoms with Crippen LogP contribution >= 0.6 is 0 Å². The third-order valence-corrected chi connectivity index (χ3v) is 2.09. The molecule has 0 aliphatic heterocycles. The van der Waals surface area contributed by atoms with E-state index in [-0.39, 0.29) is 29.9 Å². The number of nitro groups is 1. The van der Waals surface area contributed by atoms with Crippen LogP contribution in [0.3, 0.4) is 0 Å². The van der Waals surface area contributed by atoms with Gasteiger partial charge in [0.05, 0.1) is 12.0 Å². The van der Waals surface area contributed by atoms with E-state index in [2.05, 4.69) is 15.3 Å². The lowest BCUT2D eigenvalue weighted by Crippen LogP contribution is -2.16. The van der Waals surface area contributed by atoms with Crippen molar-refractivity contribution in [3.8, 4) is 5.88 Å². The molecule has 2 N–H and O–H groups in total. The number of rotatable bonds is 6. The first-order valence-electron chi connectivity index (χ1n) is 4.98. The Morgan fingerprint density at radius 2 is 2.35 bits per heavy atom. The largest absolute Gasteiger partial charge is 0.476 e. The first kappa shape index (κ1) is 13.1. The van der Waals surface area contributed by atoms with Gasteiger partial charge in [-0.05, 0) is 5.92 Å². The minimum Gasteiger partial charge on any atom is -0.476 e. The predicted molar refractivity (Wildman–Crippen MR) is 60.0 cm³/mol. The molecule has 17 heavy (non-hydrogen) atoms. The van der Waals surface area contributed by atoms with E-state index in [0.717, 1.165) is 0 Å². The van der Waals surface area contributed by atoms with Gasteiger partial charge in [0, 0.05) is 13.2 Å². The maximum absolute atomic E-state index is 10.9. The molecule has 0 saturated carbocycles. The molecule has 1 atom stereocenters. The van der Waals surface area contributed by atoms with Gasteiger partial charge in [0.25, 0.3) is 5.88 Å². The highest BCUT2D eigenvalue weighted by Gasteiger charge is 2.23. The van der Waals surface area contributed by atoms with E-state index in [0.29, 0.717) is 6.54 Å². The van der Waals surface area contributed by atoms with Crippen molar-refractivity contribution in [3.05, 3.63) is 16.4 Å². The molecule has 0 aliphatic carbocycles. The first-order valence-corrected chi connectivity index (χ1v) is 4.98. The third-order valence-electron chi connectivity index (χ3n) is 2.09. The molecule has 0 saturated heterocycles. The topological polar surface area (TPSA) is 110 Å². The molecular weight excluding hydrogens is 228 g/mol. The van der Waals surface area contributed by atoms with Crippen LogP contribution in [-0.4, -0.2) is 40.3 Å². The van der Waals surface area contributed by atoms with Crippen LogP contribution < -0.4 is 10.1 Å². The van der Waals surface area contributed by atoms with Crippen LogP contribution in [0.2, 0.25) is 0 Å². The van der Waals surface area contributed by atoms with Gasteiger partial charge in [0.1, 0.15) is 6.33 Å². The molecule has 94 valence electrons. The van der Waals surface area contributed by atoms with Gasteiger partial charge in [0.15, 0.2) is 0 Å². The molecule has 1 aromatic rings. The number of nitrogens with zero attached hydrogens (tertiary/aromatic N) is 3. The molecule has 0 aromatic carbocycles. The second kappa shape index (κ2) is 5.94. The average molecular weight is 242 g/mol. The quantitative estimate of drug-likeness (QED) is 0.549. The molecule has 1 rings (SSSR count). The molecular formula is C9H14N4O4. The van der Waals surface area contributed by atoms with E-state index >= 15 is 0 Å². The van der Waals surface area contributed by atoms with Crippen LogP contribution in [0.1, 0.15) is 6.92 Å². The SMILES string of the molecule is COc1ncnc(NCC(C)CO)c1[N+](=O)[O-]. The molecule has 8 nitrogen and oxygen atoms in total. The van der Waals surface area contributed by atoms with E-state index in [9.17, 15) is 10.1 Å². The van der Waals surface area contributed by atoms with Crippen LogP contribution in [-0.2, 0) is 0 Å². The number of nitrogens with one attached hydrogen (secondary N) is 1. The van der Waals surface area contributed by atoms with Crippen LogP contribution in [0.15, 0.2) is 6.33 Å². The van der Waals surface area contributed by atoms with Crippen molar-refractivity contribution in [1.29, 1.82) is 0 Å². The number of hydrogen-bond acceptors (Lipinski definition) is 7. The zero-order valence-electron chi connectivity index (χ0n) is 9.58. The molecule has 8 heteroatoms. The molecule has 1 aromatic heterocycles. The predicted octanol–water partition coefficient (Wildman–Crippen LogP) is 0.434. The van der Waals surface area contributed by atoms with Crippen molar-refractivity contribution >= 4 is 11.5 Å². The van der Waals surface area contributed by atoms with E-state index in [1.807, 2.05) is 0 Å². The Hall–Kier alpha value is -1.96. The maximum atomic E-state index is 10.9. The lowest BCUT2D eigenvalue weighted by Gasteiger charge is -2.10. The number of anilines is 1. The number of aliphatic hydroxyl groups excluding tert-OH is 1. The average Bonchev–Trinajstić information content (AvgIpc) is 2.34. The van der Waals surface area contributed by atoms with Gasteiger partial charge in [-0.2, -0.15) is 4.98 Å². The summed E-state index contributed by atoms with van der Waals surface area (Å²) in [6, 6.07) is 0. The number of hydrogen-bond donors (Lipinski definition) is 2. The third kappa shape index (κ3) is 3.25. The summed E-state index contributed by atoms with van der Waals surface area (Å²) >= 11 is 0. The van der Waals surface area contributed by atoms with Gasteiger partial charge in [-0.25, -0.2) is 4.98 Å². The van der Waals surface area contributed by atoms with E-state index < -0.39 is 4.92 Å². The summed E-state index contributed by atoms with van der Waals surface area (Å²) in [5, 5.41) is 22.5. The Balaban J connectivity index is 2.94. The Morgan fingerprint density at radius 1 is 1.65 bits per heavy atom. The molecule has 0 radical (unpaired) electrons. The van der Waals surface area contributed by atoms with Gasteiger partial charge >= 0.3 is 5.69 Å². The van der Waals surface area contributed by atoms with Crippen molar-refractivity contribution in [2.75, 3.05) is 25.6 Å². The lowest BCUT2D eigenvalue weighted by molar-refractivity contribution is -0.385. The van der Waals surface area contributed by atoms with Crippen LogP contribution in [0.5, 0.6) is 5.88 Å². The van der Waals surface area contributed by atoms with E-state index in [4.69, 9.17) is 9.84 Å². The number of ether oxygens (including phenoxy) is 1. The Bertz CT molecular complexity index is 399. The molecule has 0 spiro atoms. The fourth-order valence-electron chi connectivity index (χ4n) is 1.14. The van der Waals surface area contributed by atoms with Crippen molar-refractivity contribution in [2.45, 2.75) is 6.92 Å². The highest BCUT2D eigenvalue weighted by molar-refractivity contribution is 5.60. The van der Waals surface area contributed by atoms with Crippen molar-refractivity contribution in [3.63, 3.8) is 0 Å². The Kier molecular flexibility index (Phi) is 4.58. The molecule has 1 heterocycles. The highest BCUT2D eigenvalue weighted by atomic mass is 16.6. The van der Waals surface area contributed by atoms with Gasteiger partial charge in [-0.15, -0.1) is 0 Å². The molecule has 0 bridgehead atoms. The van der Waals surface area contributed by atoms with Gasteiger partial charge in [-0.1, -0.05) is 6.92 Å². The number of methoxy groups -OCH3 is 1. The minimum absolute atomic E-state index is 0.0109.